The van der Waals surface area contributed by atoms with Gasteiger partial charge in [0.05, 0.1) is 18.9 Å². The minimum Gasteiger partial charge on any atom is -0.467 e. The van der Waals surface area contributed by atoms with Crippen LogP contribution in [-0.2, 0) is 16.1 Å². The van der Waals surface area contributed by atoms with Crippen molar-refractivity contribution < 1.29 is 18.7 Å². The molecule has 2 fully saturated rings. The Hall–Kier alpha value is -2.67. The summed E-state index contributed by atoms with van der Waals surface area (Å²) in [4.78, 5) is 33.5. The number of amides is 2. The van der Waals surface area contributed by atoms with E-state index in [2.05, 4.69) is 4.98 Å². The summed E-state index contributed by atoms with van der Waals surface area (Å²) >= 11 is 0. The molecule has 3 heterocycles. The van der Waals surface area contributed by atoms with Gasteiger partial charge in [-0.25, -0.2) is 0 Å². The Kier molecular flexibility index (Phi) is 5.71. The maximum atomic E-state index is 13.2. The van der Waals surface area contributed by atoms with Crippen molar-refractivity contribution in [2.45, 2.75) is 44.4 Å². The van der Waals surface area contributed by atoms with Crippen LogP contribution in [0.2, 0.25) is 0 Å². The van der Waals surface area contributed by atoms with Crippen LogP contribution in [0.1, 0.15) is 41.8 Å². The van der Waals surface area contributed by atoms with Crippen molar-refractivity contribution in [3.05, 3.63) is 54.2 Å². The van der Waals surface area contributed by atoms with Crippen LogP contribution in [0.15, 0.2) is 47.3 Å². The third-order valence-corrected chi connectivity index (χ3v) is 5.21. The quantitative estimate of drug-likeness (QED) is 0.700. The van der Waals surface area contributed by atoms with Gasteiger partial charge in [-0.3, -0.25) is 14.6 Å². The molecule has 2 aromatic rings. The van der Waals surface area contributed by atoms with Crippen LogP contribution in [0.3, 0.4) is 0 Å². The average molecular weight is 383 g/mol. The Bertz CT molecular complexity index is 783. The predicted octanol–water partition coefficient (Wildman–Crippen LogP) is 2.49. The topological polar surface area (TPSA) is 75.9 Å². The van der Waals surface area contributed by atoms with Gasteiger partial charge in [0.1, 0.15) is 12.3 Å². The summed E-state index contributed by atoms with van der Waals surface area (Å²) in [6, 6.07) is 7.19. The third-order valence-electron chi connectivity index (χ3n) is 5.21. The number of carbonyl (C=O) groups excluding carboxylic acids is 2. The van der Waals surface area contributed by atoms with E-state index in [4.69, 9.17) is 9.15 Å². The van der Waals surface area contributed by atoms with E-state index in [0.717, 1.165) is 38.1 Å². The van der Waals surface area contributed by atoms with Crippen LogP contribution < -0.4 is 0 Å². The molecule has 4 rings (SSSR count). The minimum absolute atomic E-state index is 0.0455. The van der Waals surface area contributed by atoms with E-state index >= 15 is 0 Å². The summed E-state index contributed by atoms with van der Waals surface area (Å²) < 4.78 is 11.2. The van der Waals surface area contributed by atoms with Gasteiger partial charge in [-0.1, -0.05) is 0 Å². The first-order valence-electron chi connectivity index (χ1n) is 9.83. The lowest BCUT2D eigenvalue weighted by atomic mass is 10.2. The SMILES string of the molecule is O=C(CN(C(=O)c1ccncc1)C1CC1)N(Cc1ccco1)CC1CCCO1. The molecule has 7 nitrogen and oxygen atoms in total. The molecule has 28 heavy (non-hydrogen) atoms. The Morgan fingerprint density at radius 3 is 2.61 bits per heavy atom. The summed E-state index contributed by atoms with van der Waals surface area (Å²) in [7, 11) is 0. The van der Waals surface area contributed by atoms with E-state index < -0.39 is 0 Å². The number of carbonyl (C=O) groups is 2. The number of furan rings is 1. The fourth-order valence-electron chi connectivity index (χ4n) is 3.54. The number of rotatable bonds is 8. The summed E-state index contributed by atoms with van der Waals surface area (Å²) in [6.07, 6.45) is 8.69. The fourth-order valence-corrected chi connectivity index (χ4v) is 3.54. The van der Waals surface area contributed by atoms with Gasteiger partial charge in [0.15, 0.2) is 0 Å². The van der Waals surface area contributed by atoms with Crippen LogP contribution >= 0.6 is 0 Å². The summed E-state index contributed by atoms with van der Waals surface area (Å²) in [5.41, 5.74) is 0.561. The maximum Gasteiger partial charge on any atom is 0.254 e. The highest BCUT2D eigenvalue weighted by atomic mass is 16.5. The number of hydrogen-bond donors (Lipinski definition) is 0. The molecular weight excluding hydrogens is 358 g/mol. The third kappa shape index (κ3) is 4.59. The molecule has 7 heteroatoms. The lowest BCUT2D eigenvalue weighted by Gasteiger charge is -2.29. The van der Waals surface area contributed by atoms with Gasteiger partial charge in [0, 0.05) is 37.2 Å². The monoisotopic (exact) mass is 383 g/mol. The Balaban J connectivity index is 1.47. The second-order valence-corrected chi connectivity index (χ2v) is 7.39. The standard InChI is InChI=1S/C21H25N3O4/c25-20(15-24(17-5-6-17)21(26)16-7-9-22-10-8-16)23(13-18-3-1-11-27-18)14-19-4-2-12-28-19/h1,3,7-11,17,19H,2,4-6,12-15H2. The van der Waals surface area contributed by atoms with E-state index in [1.165, 1.54) is 0 Å². The van der Waals surface area contributed by atoms with Crippen LogP contribution in [0, 0.1) is 0 Å². The summed E-state index contributed by atoms with van der Waals surface area (Å²) in [5, 5.41) is 0. The Morgan fingerprint density at radius 1 is 1.14 bits per heavy atom. The zero-order valence-corrected chi connectivity index (χ0v) is 15.8. The van der Waals surface area contributed by atoms with E-state index in [1.54, 1.807) is 40.6 Å². The second kappa shape index (κ2) is 8.56. The van der Waals surface area contributed by atoms with Crippen LogP contribution in [-0.4, -0.2) is 58.4 Å². The van der Waals surface area contributed by atoms with Crippen molar-refractivity contribution in [2.24, 2.45) is 0 Å². The van der Waals surface area contributed by atoms with Gasteiger partial charge in [-0.15, -0.1) is 0 Å². The van der Waals surface area contributed by atoms with Crippen molar-refractivity contribution in [1.29, 1.82) is 0 Å². The Labute approximate surface area is 164 Å². The lowest BCUT2D eigenvalue weighted by molar-refractivity contribution is -0.134. The highest BCUT2D eigenvalue weighted by Gasteiger charge is 2.35. The van der Waals surface area contributed by atoms with Crippen molar-refractivity contribution >= 4 is 11.8 Å². The normalized spacial score (nSPS) is 18.8. The van der Waals surface area contributed by atoms with E-state index in [-0.39, 0.29) is 30.5 Å². The van der Waals surface area contributed by atoms with Gasteiger partial charge in [0.2, 0.25) is 5.91 Å². The molecule has 0 N–H and O–H groups in total. The molecule has 0 spiro atoms. The number of nitrogens with zero attached hydrogens (tertiary/aromatic N) is 3. The first-order chi connectivity index (χ1) is 13.7. The molecule has 1 saturated carbocycles. The average Bonchev–Trinajstić information content (AvgIpc) is 3.18. The smallest absolute Gasteiger partial charge is 0.254 e. The van der Waals surface area contributed by atoms with Gasteiger partial charge in [0.25, 0.3) is 5.91 Å². The van der Waals surface area contributed by atoms with Crippen LogP contribution in [0.5, 0.6) is 0 Å². The molecule has 0 bridgehead atoms. The van der Waals surface area contributed by atoms with E-state index in [1.807, 2.05) is 12.1 Å². The van der Waals surface area contributed by atoms with Gasteiger partial charge >= 0.3 is 0 Å². The van der Waals surface area contributed by atoms with Crippen molar-refractivity contribution in [3.63, 3.8) is 0 Å². The first-order valence-corrected chi connectivity index (χ1v) is 9.83. The maximum absolute atomic E-state index is 13.2. The van der Waals surface area contributed by atoms with Crippen molar-refractivity contribution in [1.82, 2.24) is 14.8 Å². The highest BCUT2D eigenvalue weighted by Crippen LogP contribution is 2.28. The molecule has 2 amide bonds. The van der Waals surface area contributed by atoms with Crippen molar-refractivity contribution in [3.8, 4) is 0 Å². The zero-order valence-electron chi connectivity index (χ0n) is 15.8. The fraction of sp³-hybridized carbons (Fsp3) is 0.476. The molecule has 1 aliphatic heterocycles. The highest BCUT2D eigenvalue weighted by molar-refractivity contribution is 5.96. The molecule has 1 saturated heterocycles. The molecule has 2 aromatic heterocycles. The van der Waals surface area contributed by atoms with Gasteiger partial charge in [-0.2, -0.15) is 0 Å². The molecule has 148 valence electrons. The van der Waals surface area contributed by atoms with Gasteiger partial charge in [-0.05, 0) is 49.9 Å². The minimum atomic E-state index is -0.117. The molecule has 1 aliphatic carbocycles. The largest absolute Gasteiger partial charge is 0.467 e. The second-order valence-electron chi connectivity index (χ2n) is 7.39. The number of pyridine rings is 1. The predicted molar refractivity (Wildman–Crippen MR) is 101 cm³/mol. The molecule has 1 atom stereocenters. The molecular formula is C21H25N3O4. The first kappa shape index (κ1) is 18.7. The summed E-state index contributed by atoms with van der Waals surface area (Å²) in [5.74, 6) is 0.527. The molecule has 1 unspecified atom stereocenters. The molecule has 2 aliphatic rings. The van der Waals surface area contributed by atoms with Crippen LogP contribution in [0.25, 0.3) is 0 Å². The molecule has 0 radical (unpaired) electrons. The number of hydrogen-bond acceptors (Lipinski definition) is 5. The Morgan fingerprint density at radius 2 is 1.96 bits per heavy atom. The van der Waals surface area contributed by atoms with Crippen LogP contribution in [0.4, 0.5) is 0 Å². The van der Waals surface area contributed by atoms with Gasteiger partial charge < -0.3 is 19.0 Å². The van der Waals surface area contributed by atoms with Crippen molar-refractivity contribution in [2.75, 3.05) is 19.7 Å². The lowest BCUT2D eigenvalue weighted by Crippen LogP contribution is -2.45. The van der Waals surface area contributed by atoms with E-state index in [0.29, 0.717) is 18.7 Å². The molecule has 0 aromatic carbocycles. The summed E-state index contributed by atoms with van der Waals surface area (Å²) in [6.45, 7) is 1.70. The number of ether oxygens (including phenoxy) is 1. The zero-order chi connectivity index (χ0) is 19.3. The van der Waals surface area contributed by atoms with E-state index in [9.17, 15) is 9.59 Å². The number of aromatic nitrogens is 1.